The molecule has 11 heteroatoms. The number of nitrogens with one attached hydrogen (secondary N) is 1. The number of carbonyl (C=O) groups is 1. The van der Waals surface area contributed by atoms with Crippen molar-refractivity contribution < 1.29 is 27.8 Å². The molecule has 0 bridgehead atoms. The van der Waals surface area contributed by atoms with E-state index in [2.05, 4.69) is 15.4 Å². The fourth-order valence-corrected chi connectivity index (χ4v) is 3.11. The summed E-state index contributed by atoms with van der Waals surface area (Å²) in [5.41, 5.74) is 5.82. The maximum absolute atomic E-state index is 12.6. The molecule has 8 nitrogen and oxygen atoms in total. The maximum Gasteiger partial charge on any atom is 0.418 e. The minimum atomic E-state index is -4.75. The molecular formula is C17H16F3N5O3. The average Bonchev–Trinajstić information content (AvgIpc) is 3.25. The summed E-state index contributed by atoms with van der Waals surface area (Å²) in [5, 5.41) is 16.5. The first-order valence-electron chi connectivity index (χ1n) is 8.39. The highest BCUT2D eigenvalue weighted by Gasteiger charge is 2.52. The molecule has 4 rings (SSSR count). The van der Waals surface area contributed by atoms with Crippen LogP contribution in [0.4, 0.5) is 24.7 Å². The molecule has 2 atom stereocenters. The highest BCUT2D eigenvalue weighted by molar-refractivity contribution is 6.04. The number of aliphatic hydroxyl groups excluding tert-OH is 1. The van der Waals surface area contributed by atoms with Gasteiger partial charge in [-0.1, -0.05) is 12.1 Å². The second kappa shape index (κ2) is 6.31. The summed E-state index contributed by atoms with van der Waals surface area (Å²) in [4.78, 5) is 16.2. The van der Waals surface area contributed by atoms with Gasteiger partial charge in [0.2, 0.25) is 5.66 Å². The maximum atomic E-state index is 12.6. The average molecular weight is 395 g/mol. The summed E-state index contributed by atoms with van der Waals surface area (Å²) in [5.74, 6) is -0.564. The quantitative estimate of drug-likeness (QED) is 0.715. The lowest BCUT2D eigenvalue weighted by molar-refractivity contribution is -0.206. The Morgan fingerprint density at radius 3 is 2.68 bits per heavy atom. The number of carbonyl (C=O) groups excluding carboxylic acids is 1. The Balaban J connectivity index is 1.57. The van der Waals surface area contributed by atoms with Gasteiger partial charge in [-0.15, -0.1) is 0 Å². The Hall–Kier alpha value is -2.92. The molecule has 0 radical (unpaired) electrons. The zero-order valence-corrected chi connectivity index (χ0v) is 14.4. The van der Waals surface area contributed by atoms with Crippen LogP contribution in [0.2, 0.25) is 0 Å². The van der Waals surface area contributed by atoms with Gasteiger partial charge in [0.05, 0.1) is 18.9 Å². The molecule has 0 spiro atoms. The normalized spacial score (nSPS) is 22.2. The zero-order chi connectivity index (χ0) is 20.1. The van der Waals surface area contributed by atoms with Gasteiger partial charge in [0.1, 0.15) is 5.56 Å². The van der Waals surface area contributed by atoms with Gasteiger partial charge >= 0.3 is 6.18 Å². The lowest BCUT2D eigenvalue weighted by atomic mass is 10.1. The van der Waals surface area contributed by atoms with Gasteiger partial charge in [-0.3, -0.25) is 9.79 Å². The summed E-state index contributed by atoms with van der Waals surface area (Å²) in [6, 6.07) is 4.96. The Morgan fingerprint density at radius 1 is 1.36 bits per heavy atom. The molecule has 0 unspecified atom stereocenters. The lowest BCUT2D eigenvalue weighted by Crippen LogP contribution is -2.35. The standard InChI is InChI=1S/C17H16F3N5O3/c18-17(19,20)13(26)9-1-3-10(4-2-9)22-15-11(14(21)27)7-25(24-15)16-8-28-6-5-12(16)23-16/h1-4,7,13,26H,5-6,8H2,(H2,21,27)(H,22,24)/t13-,16+/m1/s1. The third-order valence-corrected chi connectivity index (χ3v) is 4.68. The number of aliphatic imine (C=N–C) groups is 1. The lowest BCUT2D eigenvalue weighted by Gasteiger charge is -2.20. The Bertz CT molecular complexity index is 954. The second-order valence-electron chi connectivity index (χ2n) is 6.57. The van der Waals surface area contributed by atoms with Crippen molar-refractivity contribution in [1.82, 2.24) is 9.78 Å². The van der Waals surface area contributed by atoms with Gasteiger partial charge in [-0.05, 0) is 17.7 Å². The van der Waals surface area contributed by atoms with Crippen LogP contribution in [0.5, 0.6) is 0 Å². The third kappa shape index (κ3) is 3.12. The van der Waals surface area contributed by atoms with Crippen molar-refractivity contribution in [2.24, 2.45) is 10.7 Å². The van der Waals surface area contributed by atoms with E-state index in [1.165, 1.54) is 23.0 Å². The van der Waals surface area contributed by atoms with Crippen LogP contribution in [-0.2, 0) is 10.4 Å². The van der Waals surface area contributed by atoms with E-state index in [9.17, 15) is 23.1 Å². The van der Waals surface area contributed by atoms with Crippen molar-refractivity contribution in [1.29, 1.82) is 0 Å². The highest BCUT2D eigenvalue weighted by Crippen LogP contribution is 2.39. The fourth-order valence-electron chi connectivity index (χ4n) is 3.11. The molecule has 2 aliphatic heterocycles. The van der Waals surface area contributed by atoms with Gasteiger partial charge < -0.3 is 20.9 Å². The third-order valence-electron chi connectivity index (χ3n) is 4.68. The van der Waals surface area contributed by atoms with Crippen molar-refractivity contribution in [3.63, 3.8) is 0 Å². The number of fused-ring (bicyclic) bond motifs is 1. The van der Waals surface area contributed by atoms with Gasteiger partial charge in [0.15, 0.2) is 11.9 Å². The van der Waals surface area contributed by atoms with Gasteiger partial charge in [0, 0.05) is 18.3 Å². The molecule has 4 N–H and O–H groups in total. The number of amides is 1. The number of benzene rings is 1. The number of hydrogen-bond donors (Lipinski definition) is 3. The summed E-state index contributed by atoms with van der Waals surface area (Å²) in [7, 11) is 0. The minimum Gasteiger partial charge on any atom is -0.379 e. The number of ether oxygens (including phenoxy) is 1. The number of halogens is 3. The van der Waals surface area contributed by atoms with Crippen LogP contribution in [0.15, 0.2) is 35.5 Å². The predicted octanol–water partition coefficient (Wildman–Crippen LogP) is 1.85. The summed E-state index contributed by atoms with van der Waals surface area (Å²) in [6.07, 6.45) is -5.18. The molecule has 1 amide bonds. The molecule has 1 aromatic heterocycles. The fraction of sp³-hybridized carbons (Fsp3) is 0.353. The van der Waals surface area contributed by atoms with Gasteiger partial charge in [-0.25, -0.2) is 4.68 Å². The topological polar surface area (TPSA) is 115 Å². The van der Waals surface area contributed by atoms with Crippen LogP contribution in [-0.4, -0.2) is 45.9 Å². The highest BCUT2D eigenvalue weighted by atomic mass is 19.4. The van der Waals surface area contributed by atoms with Crippen LogP contribution in [0, 0.1) is 0 Å². The molecule has 1 saturated heterocycles. The van der Waals surface area contributed by atoms with Crippen LogP contribution in [0.25, 0.3) is 0 Å². The van der Waals surface area contributed by atoms with E-state index in [-0.39, 0.29) is 16.9 Å². The Morgan fingerprint density at radius 2 is 2.07 bits per heavy atom. The SMILES string of the molecule is NC(=O)c1cn([C@@]23COCCC2=N3)nc1Nc1ccc([C@@H](O)C(F)(F)F)cc1. The Labute approximate surface area is 156 Å². The number of hydrogen-bond acceptors (Lipinski definition) is 6. The van der Waals surface area contributed by atoms with E-state index in [0.29, 0.717) is 25.3 Å². The molecule has 1 aromatic carbocycles. The first-order valence-corrected chi connectivity index (χ1v) is 8.39. The van der Waals surface area contributed by atoms with Crippen molar-refractivity contribution >= 4 is 23.1 Å². The van der Waals surface area contributed by atoms with E-state index >= 15 is 0 Å². The second-order valence-corrected chi connectivity index (χ2v) is 6.57. The first-order chi connectivity index (χ1) is 13.2. The number of nitrogens with two attached hydrogens (primary N) is 1. The molecule has 3 heterocycles. The largest absolute Gasteiger partial charge is 0.418 e. The van der Waals surface area contributed by atoms with Crippen molar-refractivity contribution in [3.05, 3.63) is 41.6 Å². The van der Waals surface area contributed by atoms with Gasteiger partial charge in [0.25, 0.3) is 5.91 Å². The predicted molar refractivity (Wildman–Crippen MR) is 92.3 cm³/mol. The summed E-state index contributed by atoms with van der Waals surface area (Å²) in [6.45, 7) is 0.886. The van der Waals surface area contributed by atoms with Crippen molar-refractivity contribution in [2.45, 2.75) is 24.4 Å². The number of nitrogens with zero attached hydrogens (tertiary/aromatic N) is 3. The first kappa shape index (κ1) is 18.4. The number of primary amides is 1. The van der Waals surface area contributed by atoms with Crippen LogP contribution in [0.3, 0.4) is 0 Å². The van der Waals surface area contributed by atoms with Crippen LogP contribution in [0.1, 0.15) is 28.4 Å². The van der Waals surface area contributed by atoms with Crippen molar-refractivity contribution in [2.75, 3.05) is 18.5 Å². The zero-order valence-electron chi connectivity index (χ0n) is 14.4. The molecule has 148 valence electrons. The van der Waals surface area contributed by atoms with E-state index < -0.39 is 23.9 Å². The van der Waals surface area contributed by atoms with Crippen LogP contribution < -0.4 is 11.1 Å². The molecule has 2 aromatic rings. The summed E-state index contributed by atoms with van der Waals surface area (Å²) >= 11 is 0. The van der Waals surface area contributed by atoms with Crippen LogP contribution >= 0.6 is 0 Å². The molecule has 2 aliphatic rings. The van der Waals surface area contributed by atoms with E-state index in [1.807, 2.05) is 0 Å². The number of aliphatic hydroxyl groups is 1. The van der Waals surface area contributed by atoms with E-state index in [1.54, 1.807) is 0 Å². The Kier molecular flexibility index (Phi) is 4.16. The molecule has 0 aliphatic carbocycles. The number of rotatable bonds is 5. The monoisotopic (exact) mass is 395 g/mol. The molecule has 1 fully saturated rings. The number of anilines is 2. The smallest absolute Gasteiger partial charge is 0.379 e. The summed E-state index contributed by atoms with van der Waals surface area (Å²) < 4.78 is 44.7. The van der Waals surface area contributed by atoms with E-state index in [0.717, 1.165) is 17.8 Å². The molecule has 0 saturated carbocycles. The van der Waals surface area contributed by atoms with E-state index in [4.69, 9.17) is 10.5 Å². The van der Waals surface area contributed by atoms with Crippen molar-refractivity contribution in [3.8, 4) is 0 Å². The molecule has 28 heavy (non-hydrogen) atoms. The minimum absolute atomic E-state index is 0.112. The molecular weight excluding hydrogens is 379 g/mol. The number of aromatic nitrogens is 2. The van der Waals surface area contributed by atoms with Gasteiger partial charge in [-0.2, -0.15) is 18.3 Å². The number of alkyl halides is 3.